The predicted octanol–water partition coefficient (Wildman–Crippen LogP) is 5.61. The molecular weight excluding hydrogens is 232 g/mol. The van der Waals surface area contributed by atoms with Gasteiger partial charge in [-0.1, -0.05) is 51.2 Å². The molecule has 1 nitrogen and oxygen atoms in total. The minimum atomic E-state index is 0.896. The Labute approximate surface area is 118 Å². The van der Waals surface area contributed by atoms with Crippen LogP contribution in [-0.4, -0.2) is 7.11 Å². The minimum Gasteiger partial charge on any atom is -0.497 e. The van der Waals surface area contributed by atoms with E-state index in [2.05, 4.69) is 18.7 Å². The minimum absolute atomic E-state index is 0.896. The van der Waals surface area contributed by atoms with Crippen molar-refractivity contribution in [2.75, 3.05) is 7.11 Å². The highest BCUT2D eigenvalue weighted by Crippen LogP contribution is 2.12. The van der Waals surface area contributed by atoms with Crippen molar-refractivity contribution >= 4 is 6.08 Å². The van der Waals surface area contributed by atoms with Crippen molar-refractivity contribution in [3.05, 3.63) is 41.6 Å². The van der Waals surface area contributed by atoms with Gasteiger partial charge in [-0.05, 0) is 42.7 Å². The van der Waals surface area contributed by atoms with Gasteiger partial charge in [0.25, 0.3) is 0 Å². The van der Waals surface area contributed by atoms with E-state index in [1.165, 1.54) is 44.1 Å². The van der Waals surface area contributed by atoms with E-state index < -0.39 is 0 Å². The zero-order valence-electron chi connectivity index (χ0n) is 12.3. The van der Waals surface area contributed by atoms with Gasteiger partial charge in [-0.3, -0.25) is 0 Å². The highest BCUT2D eigenvalue weighted by atomic mass is 16.5. The summed E-state index contributed by atoms with van der Waals surface area (Å²) in [5.74, 6) is 0.896. The highest BCUT2D eigenvalue weighted by Gasteiger charge is 1.89. The number of rotatable bonds is 9. The van der Waals surface area contributed by atoms with Gasteiger partial charge in [0.15, 0.2) is 0 Å². The van der Waals surface area contributed by atoms with Gasteiger partial charge < -0.3 is 4.74 Å². The SMILES string of the molecule is CCCCCCCCC=C=Cc1ccc(OC)cc1. The average molecular weight is 258 g/mol. The zero-order valence-corrected chi connectivity index (χ0v) is 12.3. The van der Waals surface area contributed by atoms with Crippen LogP contribution in [0.15, 0.2) is 36.1 Å². The molecule has 0 radical (unpaired) electrons. The van der Waals surface area contributed by atoms with E-state index in [-0.39, 0.29) is 0 Å². The van der Waals surface area contributed by atoms with Crippen LogP contribution in [0.5, 0.6) is 5.75 Å². The van der Waals surface area contributed by atoms with Crippen molar-refractivity contribution in [1.29, 1.82) is 0 Å². The molecule has 1 heteroatoms. The van der Waals surface area contributed by atoms with E-state index >= 15 is 0 Å². The second-order valence-electron chi connectivity index (χ2n) is 4.84. The molecule has 1 rings (SSSR count). The van der Waals surface area contributed by atoms with Crippen LogP contribution in [0.2, 0.25) is 0 Å². The summed E-state index contributed by atoms with van der Waals surface area (Å²) < 4.78 is 5.12. The van der Waals surface area contributed by atoms with Gasteiger partial charge in [-0.2, -0.15) is 0 Å². The molecule has 0 saturated carbocycles. The van der Waals surface area contributed by atoms with Crippen molar-refractivity contribution < 1.29 is 4.74 Å². The molecule has 0 fully saturated rings. The van der Waals surface area contributed by atoms with Gasteiger partial charge in [0, 0.05) is 0 Å². The second-order valence-corrected chi connectivity index (χ2v) is 4.84. The Kier molecular flexibility index (Phi) is 8.59. The quantitative estimate of drug-likeness (QED) is 0.413. The third-order valence-corrected chi connectivity index (χ3v) is 3.19. The van der Waals surface area contributed by atoms with Crippen molar-refractivity contribution in [3.63, 3.8) is 0 Å². The first-order chi connectivity index (χ1) is 9.36. The van der Waals surface area contributed by atoms with E-state index in [1.807, 2.05) is 30.3 Å². The van der Waals surface area contributed by atoms with E-state index in [0.717, 1.165) is 12.2 Å². The van der Waals surface area contributed by atoms with E-state index in [1.54, 1.807) is 7.11 Å². The molecule has 0 aliphatic heterocycles. The number of ether oxygens (including phenoxy) is 1. The first-order valence-electron chi connectivity index (χ1n) is 7.42. The number of unbranched alkanes of at least 4 members (excludes halogenated alkanes) is 6. The first kappa shape index (κ1) is 15.6. The topological polar surface area (TPSA) is 9.23 Å². The molecule has 0 aromatic heterocycles. The van der Waals surface area contributed by atoms with Gasteiger partial charge in [0.2, 0.25) is 0 Å². The fraction of sp³-hybridized carbons (Fsp3) is 0.500. The maximum atomic E-state index is 5.12. The van der Waals surface area contributed by atoms with Crippen LogP contribution in [0.1, 0.15) is 57.4 Å². The Balaban J connectivity index is 2.18. The molecule has 0 unspecified atom stereocenters. The molecule has 0 N–H and O–H groups in total. The average Bonchev–Trinajstić information content (AvgIpc) is 2.46. The zero-order chi connectivity index (χ0) is 13.8. The monoisotopic (exact) mass is 258 g/mol. The molecule has 1 aromatic rings. The van der Waals surface area contributed by atoms with Crippen molar-refractivity contribution in [2.24, 2.45) is 0 Å². The van der Waals surface area contributed by atoms with E-state index in [4.69, 9.17) is 4.74 Å². The fourth-order valence-corrected chi connectivity index (χ4v) is 1.97. The number of allylic oxidation sites excluding steroid dienone is 1. The van der Waals surface area contributed by atoms with Gasteiger partial charge in [-0.15, -0.1) is 5.73 Å². The van der Waals surface area contributed by atoms with Crippen molar-refractivity contribution in [1.82, 2.24) is 0 Å². The summed E-state index contributed by atoms with van der Waals surface area (Å²) >= 11 is 0. The molecule has 0 amide bonds. The second kappa shape index (κ2) is 10.5. The molecule has 1 aromatic carbocycles. The summed E-state index contributed by atoms with van der Waals surface area (Å²) in [6.07, 6.45) is 13.4. The summed E-state index contributed by atoms with van der Waals surface area (Å²) in [5, 5.41) is 0. The Hall–Kier alpha value is -1.46. The Morgan fingerprint density at radius 2 is 1.68 bits per heavy atom. The summed E-state index contributed by atoms with van der Waals surface area (Å²) in [6.45, 7) is 2.26. The van der Waals surface area contributed by atoms with Gasteiger partial charge in [-0.25, -0.2) is 0 Å². The summed E-state index contributed by atoms with van der Waals surface area (Å²) in [7, 11) is 1.69. The fourth-order valence-electron chi connectivity index (χ4n) is 1.97. The molecule has 0 spiro atoms. The molecule has 104 valence electrons. The maximum Gasteiger partial charge on any atom is 0.118 e. The lowest BCUT2D eigenvalue weighted by Crippen LogP contribution is -1.80. The van der Waals surface area contributed by atoms with Crippen molar-refractivity contribution in [3.8, 4) is 5.75 Å². The van der Waals surface area contributed by atoms with Gasteiger partial charge >= 0.3 is 0 Å². The van der Waals surface area contributed by atoms with E-state index in [9.17, 15) is 0 Å². The lowest BCUT2D eigenvalue weighted by Gasteiger charge is -1.98. The molecule has 0 aliphatic carbocycles. The summed E-state index contributed by atoms with van der Waals surface area (Å²) in [4.78, 5) is 0. The first-order valence-corrected chi connectivity index (χ1v) is 7.42. The molecule has 0 saturated heterocycles. The number of hydrogen-bond donors (Lipinski definition) is 0. The van der Waals surface area contributed by atoms with Crippen LogP contribution in [0.4, 0.5) is 0 Å². The molecule has 0 heterocycles. The standard InChI is InChI=1S/C18H26O/c1-3-4-5-6-7-8-9-10-11-12-17-13-15-18(19-2)16-14-17/h10,12-16H,3-9H2,1-2H3. The van der Waals surface area contributed by atoms with Gasteiger partial charge in [0.1, 0.15) is 5.75 Å². The predicted molar refractivity (Wildman–Crippen MR) is 83.5 cm³/mol. The molecule has 0 aliphatic rings. The Morgan fingerprint density at radius 1 is 1.00 bits per heavy atom. The van der Waals surface area contributed by atoms with Crippen LogP contribution >= 0.6 is 0 Å². The molecule has 19 heavy (non-hydrogen) atoms. The van der Waals surface area contributed by atoms with Gasteiger partial charge in [0.05, 0.1) is 7.11 Å². The molecule has 0 atom stereocenters. The third-order valence-electron chi connectivity index (χ3n) is 3.19. The number of hydrogen-bond acceptors (Lipinski definition) is 1. The Morgan fingerprint density at radius 3 is 2.37 bits per heavy atom. The lowest BCUT2D eigenvalue weighted by atomic mass is 10.1. The number of benzene rings is 1. The maximum absolute atomic E-state index is 5.12. The Bertz CT molecular complexity index is 383. The normalized spacial score (nSPS) is 9.79. The summed E-state index contributed by atoms with van der Waals surface area (Å²) in [6, 6.07) is 8.04. The summed E-state index contributed by atoms with van der Waals surface area (Å²) in [5.41, 5.74) is 4.42. The number of methoxy groups -OCH3 is 1. The lowest BCUT2D eigenvalue weighted by molar-refractivity contribution is 0.415. The van der Waals surface area contributed by atoms with Crippen LogP contribution < -0.4 is 4.74 Å². The van der Waals surface area contributed by atoms with Crippen molar-refractivity contribution in [2.45, 2.75) is 51.9 Å². The van der Waals surface area contributed by atoms with Crippen LogP contribution in [-0.2, 0) is 0 Å². The largest absolute Gasteiger partial charge is 0.497 e. The van der Waals surface area contributed by atoms with Crippen LogP contribution in [0.3, 0.4) is 0 Å². The molecular formula is C18H26O. The molecule has 0 bridgehead atoms. The smallest absolute Gasteiger partial charge is 0.118 e. The van der Waals surface area contributed by atoms with Crippen LogP contribution in [0, 0.1) is 0 Å². The van der Waals surface area contributed by atoms with E-state index in [0.29, 0.717) is 0 Å². The third kappa shape index (κ3) is 7.54. The highest BCUT2D eigenvalue weighted by molar-refractivity contribution is 5.49. The van der Waals surface area contributed by atoms with Crippen LogP contribution in [0.25, 0.3) is 6.08 Å².